The van der Waals surface area contributed by atoms with E-state index in [0.717, 1.165) is 42.9 Å². The molecule has 1 saturated heterocycles. The van der Waals surface area contributed by atoms with E-state index in [1.165, 1.54) is 6.33 Å². The van der Waals surface area contributed by atoms with Crippen LogP contribution in [0.25, 0.3) is 0 Å². The smallest absolute Gasteiger partial charge is 0.230 e. The summed E-state index contributed by atoms with van der Waals surface area (Å²) in [5, 5.41) is 0.664. The quantitative estimate of drug-likeness (QED) is 0.649. The topological polar surface area (TPSA) is 101 Å². The lowest BCUT2D eigenvalue weighted by Gasteiger charge is -2.37. The van der Waals surface area contributed by atoms with Crippen LogP contribution in [0.5, 0.6) is 0 Å². The van der Waals surface area contributed by atoms with Crippen LogP contribution in [0.4, 0.5) is 11.6 Å². The fraction of sp³-hybridized carbons (Fsp3) is 0.476. The summed E-state index contributed by atoms with van der Waals surface area (Å²) < 4.78 is 0. The molecule has 2 heterocycles. The maximum absolute atomic E-state index is 13.2. The Hall–Kier alpha value is -1.80. The van der Waals surface area contributed by atoms with Crippen molar-refractivity contribution < 1.29 is 4.79 Å². The summed E-state index contributed by atoms with van der Waals surface area (Å²) in [6.07, 6.45) is 4.44. The van der Waals surface area contributed by atoms with Crippen LogP contribution in [0.2, 0.25) is 5.02 Å². The number of hydrogen-bond acceptors (Lipinski definition) is 6. The second-order valence-electron chi connectivity index (χ2n) is 7.76. The minimum Gasteiger partial charge on any atom is -0.383 e. The maximum atomic E-state index is 13.2. The molecule has 0 radical (unpaired) electrons. The van der Waals surface area contributed by atoms with Crippen LogP contribution in [0.15, 0.2) is 30.6 Å². The third-order valence-corrected chi connectivity index (χ3v) is 6.05. The third kappa shape index (κ3) is 5.71. The number of nitrogens with zero attached hydrogens (tertiary/aromatic N) is 4. The molecule has 2 aliphatic rings. The largest absolute Gasteiger partial charge is 0.383 e. The SMILES string of the molecule is Cl.Cl.NCCC(C(=O)N1CCN(c2ncnc(N)c2C2CC2)CC1)c1ccc(Cl)cc1. The molecule has 2 fully saturated rings. The number of halogens is 3. The van der Waals surface area contributed by atoms with Crippen molar-refractivity contribution in [3.8, 4) is 0 Å². The lowest BCUT2D eigenvalue weighted by Crippen LogP contribution is -2.50. The van der Waals surface area contributed by atoms with Crippen molar-refractivity contribution in [1.29, 1.82) is 0 Å². The molecule has 1 aliphatic carbocycles. The van der Waals surface area contributed by atoms with Gasteiger partial charge in [0.1, 0.15) is 18.0 Å². The highest BCUT2D eigenvalue weighted by Gasteiger charge is 2.33. The summed E-state index contributed by atoms with van der Waals surface area (Å²) in [6.45, 7) is 3.24. The van der Waals surface area contributed by atoms with Gasteiger partial charge in [-0.25, -0.2) is 9.97 Å². The number of carbonyl (C=O) groups is 1. The summed E-state index contributed by atoms with van der Waals surface area (Å²) in [6, 6.07) is 7.49. The molecule has 0 bridgehead atoms. The maximum Gasteiger partial charge on any atom is 0.230 e. The molecule has 0 spiro atoms. The monoisotopic (exact) mass is 486 g/mol. The van der Waals surface area contributed by atoms with Gasteiger partial charge in [-0.1, -0.05) is 23.7 Å². The highest BCUT2D eigenvalue weighted by atomic mass is 35.5. The number of aromatic nitrogens is 2. The molecule has 31 heavy (non-hydrogen) atoms. The van der Waals surface area contributed by atoms with Gasteiger partial charge in [-0.05, 0) is 49.4 Å². The first-order valence-electron chi connectivity index (χ1n) is 10.2. The van der Waals surface area contributed by atoms with Gasteiger partial charge in [0.2, 0.25) is 5.91 Å². The average molecular weight is 488 g/mol. The van der Waals surface area contributed by atoms with Crippen molar-refractivity contribution in [2.24, 2.45) is 5.73 Å². The van der Waals surface area contributed by atoms with E-state index in [1.54, 1.807) is 0 Å². The van der Waals surface area contributed by atoms with Crippen LogP contribution in [-0.2, 0) is 4.79 Å². The minimum atomic E-state index is -0.236. The number of anilines is 2. The third-order valence-electron chi connectivity index (χ3n) is 5.80. The van der Waals surface area contributed by atoms with E-state index in [-0.39, 0.29) is 36.6 Å². The summed E-state index contributed by atoms with van der Waals surface area (Å²) in [5.74, 6) is 1.89. The lowest BCUT2D eigenvalue weighted by atomic mass is 9.94. The van der Waals surface area contributed by atoms with Gasteiger partial charge in [0, 0.05) is 36.8 Å². The van der Waals surface area contributed by atoms with Gasteiger partial charge >= 0.3 is 0 Å². The summed E-state index contributed by atoms with van der Waals surface area (Å²) in [4.78, 5) is 26.1. The van der Waals surface area contributed by atoms with Crippen LogP contribution in [0.1, 0.15) is 42.2 Å². The van der Waals surface area contributed by atoms with Gasteiger partial charge in [0.15, 0.2) is 0 Å². The first kappa shape index (κ1) is 25.5. The van der Waals surface area contributed by atoms with Crippen molar-refractivity contribution in [1.82, 2.24) is 14.9 Å². The number of hydrogen-bond donors (Lipinski definition) is 2. The zero-order valence-corrected chi connectivity index (χ0v) is 19.6. The van der Waals surface area contributed by atoms with Crippen LogP contribution >= 0.6 is 36.4 Å². The first-order chi connectivity index (χ1) is 14.1. The second-order valence-corrected chi connectivity index (χ2v) is 8.20. The van der Waals surface area contributed by atoms with Crippen LogP contribution in [-0.4, -0.2) is 53.5 Å². The number of amides is 1. The molecular formula is C21H29Cl3N6O. The molecule has 4 N–H and O–H groups in total. The van der Waals surface area contributed by atoms with Crippen molar-refractivity contribution in [3.63, 3.8) is 0 Å². The van der Waals surface area contributed by atoms with E-state index in [4.69, 9.17) is 23.1 Å². The first-order valence-corrected chi connectivity index (χ1v) is 10.6. The molecule has 170 valence electrons. The predicted molar refractivity (Wildman–Crippen MR) is 130 cm³/mol. The number of nitrogens with two attached hydrogens (primary N) is 2. The Morgan fingerprint density at radius 2 is 1.74 bits per heavy atom. The van der Waals surface area contributed by atoms with Gasteiger partial charge in [0.25, 0.3) is 0 Å². The molecule has 1 aromatic carbocycles. The zero-order chi connectivity index (χ0) is 20.4. The Bertz CT molecular complexity index is 870. The van der Waals surface area contributed by atoms with Crippen molar-refractivity contribution in [2.75, 3.05) is 43.4 Å². The molecule has 10 heteroatoms. The molecule has 1 amide bonds. The van der Waals surface area contributed by atoms with E-state index >= 15 is 0 Å². The Balaban J connectivity index is 0.00000171. The van der Waals surface area contributed by atoms with E-state index in [1.807, 2.05) is 29.2 Å². The number of rotatable bonds is 6. The summed E-state index contributed by atoms with van der Waals surface area (Å²) in [7, 11) is 0. The molecule has 1 saturated carbocycles. The average Bonchev–Trinajstić information content (AvgIpc) is 3.57. The lowest BCUT2D eigenvalue weighted by molar-refractivity contribution is -0.133. The molecule has 1 aromatic heterocycles. The standard InChI is InChI=1S/C21H27ClN6O.2ClH/c22-16-5-3-14(4-6-16)17(7-8-23)21(29)28-11-9-27(10-12-28)20-18(15-1-2-15)19(24)25-13-26-20;;/h3-6,13,15,17H,1-2,7-12,23H2,(H2,24,25,26);2*1H. The Kier molecular flexibility index (Phi) is 9.18. The van der Waals surface area contributed by atoms with E-state index < -0.39 is 0 Å². The Labute approximate surface area is 200 Å². The van der Waals surface area contributed by atoms with Crippen LogP contribution in [0, 0.1) is 0 Å². The summed E-state index contributed by atoms with van der Waals surface area (Å²) >= 11 is 6.00. The van der Waals surface area contributed by atoms with Gasteiger partial charge in [0.05, 0.1) is 5.92 Å². The number of piperazine rings is 1. The Morgan fingerprint density at radius 3 is 2.32 bits per heavy atom. The molecule has 1 unspecified atom stereocenters. The molecule has 4 rings (SSSR count). The molecular weight excluding hydrogens is 459 g/mol. The highest BCUT2D eigenvalue weighted by Crippen LogP contribution is 2.45. The fourth-order valence-corrected chi connectivity index (χ4v) is 4.19. The van der Waals surface area contributed by atoms with E-state index in [2.05, 4.69) is 14.9 Å². The number of benzene rings is 1. The normalized spacial score (nSPS) is 16.8. The molecule has 7 nitrogen and oxygen atoms in total. The minimum absolute atomic E-state index is 0. The van der Waals surface area contributed by atoms with Gasteiger partial charge in [-0.3, -0.25) is 4.79 Å². The van der Waals surface area contributed by atoms with Crippen LogP contribution in [0.3, 0.4) is 0 Å². The predicted octanol–water partition coefficient (Wildman–Crippen LogP) is 3.21. The van der Waals surface area contributed by atoms with Gasteiger partial charge in [-0.15, -0.1) is 24.8 Å². The van der Waals surface area contributed by atoms with Crippen LogP contribution < -0.4 is 16.4 Å². The molecule has 1 atom stereocenters. The summed E-state index contributed by atoms with van der Waals surface area (Å²) in [5.41, 5.74) is 14.0. The van der Waals surface area contributed by atoms with Crippen molar-refractivity contribution in [3.05, 3.63) is 46.7 Å². The van der Waals surface area contributed by atoms with Gasteiger partial charge in [-0.2, -0.15) is 0 Å². The highest BCUT2D eigenvalue weighted by molar-refractivity contribution is 6.30. The zero-order valence-electron chi connectivity index (χ0n) is 17.2. The van der Waals surface area contributed by atoms with E-state index in [9.17, 15) is 4.79 Å². The second kappa shape index (κ2) is 11.2. The Morgan fingerprint density at radius 1 is 1.10 bits per heavy atom. The molecule has 1 aliphatic heterocycles. The fourth-order valence-electron chi connectivity index (χ4n) is 4.07. The van der Waals surface area contributed by atoms with E-state index in [0.29, 0.717) is 42.8 Å². The number of carbonyl (C=O) groups excluding carboxylic acids is 1. The van der Waals surface area contributed by atoms with Gasteiger partial charge < -0.3 is 21.3 Å². The van der Waals surface area contributed by atoms with Crippen molar-refractivity contribution in [2.45, 2.75) is 31.1 Å². The molecule has 2 aromatic rings. The van der Waals surface area contributed by atoms with Crippen molar-refractivity contribution >= 4 is 54.0 Å². The number of nitrogen functional groups attached to an aromatic ring is 1.